The Kier molecular flexibility index (Phi) is 4.15. The number of benzene rings is 1. The van der Waals surface area contributed by atoms with Crippen molar-refractivity contribution in [1.82, 2.24) is 14.8 Å². The number of rotatable bonds is 5. The van der Waals surface area contributed by atoms with Crippen LogP contribution in [0, 0.1) is 4.77 Å². The van der Waals surface area contributed by atoms with Crippen LogP contribution in [0.2, 0.25) is 0 Å². The molecule has 0 aliphatic heterocycles. The zero-order valence-electron chi connectivity index (χ0n) is 10.6. The normalized spacial score (nSPS) is 10.6. The molecule has 1 N–H and O–H groups in total. The largest absolute Gasteiger partial charge is 0.494 e. The van der Waals surface area contributed by atoms with Gasteiger partial charge in [0.2, 0.25) is 0 Å². The molecule has 0 atom stereocenters. The van der Waals surface area contributed by atoms with Crippen LogP contribution in [0.3, 0.4) is 0 Å². The van der Waals surface area contributed by atoms with Crippen molar-refractivity contribution in [3.05, 3.63) is 34.9 Å². The molecule has 5 heteroatoms. The Balaban J connectivity index is 2.44. The van der Waals surface area contributed by atoms with Gasteiger partial charge < -0.3 is 4.74 Å². The van der Waals surface area contributed by atoms with Gasteiger partial charge in [-0.2, -0.15) is 5.10 Å². The van der Waals surface area contributed by atoms with Gasteiger partial charge in [-0.05, 0) is 37.7 Å². The van der Waals surface area contributed by atoms with Gasteiger partial charge in [-0.25, -0.2) is 0 Å². The van der Waals surface area contributed by atoms with Crippen LogP contribution in [-0.4, -0.2) is 21.4 Å². The van der Waals surface area contributed by atoms with Crippen molar-refractivity contribution < 1.29 is 4.74 Å². The first-order valence-electron chi connectivity index (χ1n) is 6.15. The van der Waals surface area contributed by atoms with Crippen LogP contribution in [-0.2, 0) is 6.42 Å². The Bertz CT molecular complexity index is 574. The van der Waals surface area contributed by atoms with E-state index in [0.717, 1.165) is 30.1 Å². The molecule has 96 valence electrons. The van der Waals surface area contributed by atoms with Crippen molar-refractivity contribution in [1.29, 1.82) is 0 Å². The summed E-state index contributed by atoms with van der Waals surface area (Å²) >= 11 is 5.28. The van der Waals surface area contributed by atoms with Crippen molar-refractivity contribution >= 4 is 12.2 Å². The predicted octanol–water partition coefficient (Wildman–Crippen LogP) is 3.28. The van der Waals surface area contributed by atoms with Crippen molar-refractivity contribution in [2.24, 2.45) is 0 Å². The molecule has 2 rings (SSSR count). The number of nitrogens with one attached hydrogen (secondary N) is 1. The smallest absolute Gasteiger partial charge is 0.199 e. The third-order valence-electron chi connectivity index (χ3n) is 2.60. The highest BCUT2D eigenvalue weighted by atomic mass is 32.1. The number of ether oxygens (including phenoxy) is 1. The highest BCUT2D eigenvalue weighted by Gasteiger charge is 2.08. The molecular formula is C13H17N3OS. The van der Waals surface area contributed by atoms with Gasteiger partial charge in [0.15, 0.2) is 4.77 Å². The fourth-order valence-corrected chi connectivity index (χ4v) is 2.12. The molecule has 0 bridgehead atoms. The lowest BCUT2D eigenvalue weighted by Crippen LogP contribution is -2.02. The summed E-state index contributed by atoms with van der Waals surface area (Å²) in [5, 5.41) is 7.11. The van der Waals surface area contributed by atoms with E-state index < -0.39 is 0 Å². The van der Waals surface area contributed by atoms with Crippen molar-refractivity contribution in [2.45, 2.75) is 26.7 Å². The lowest BCUT2D eigenvalue weighted by atomic mass is 10.2. The lowest BCUT2D eigenvalue weighted by Gasteiger charge is -2.08. The summed E-state index contributed by atoms with van der Waals surface area (Å²) in [5.74, 6) is 1.80. The minimum atomic E-state index is 0.618. The summed E-state index contributed by atoms with van der Waals surface area (Å²) in [6.45, 7) is 4.75. The van der Waals surface area contributed by atoms with Crippen molar-refractivity contribution in [2.75, 3.05) is 6.61 Å². The summed E-state index contributed by atoms with van der Waals surface area (Å²) in [4.78, 5) is 0. The molecule has 18 heavy (non-hydrogen) atoms. The van der Waals surface area contributed by atoms with Gasteiger partial charge in [0.25, 0.3) is 0 Å². The molecule has 4 nitrogen and oxygen atoms in total. The molecule has 1 heterocycles. The maximum Gasteiger partial charge on any atom is 0.199 e. The second-order valence-electron chi connectivity index (χ2n) is 3.96. The van der Waals surface area contributed by atoms with Gasteiger partial charge in [0.05, 0.1) is 12.3 Å². The van der Waals surface area contributed by atoms with E-state index in [4.69, 9.17) is 17.0 Å². The van der Waals surface area contributed by atoms with Gasteiger partial charge >= 0.3 is 0 Å². The fourth-order valence-electron chi connectivity index (χ4n) is 1.87. The molecule has 1 aromatic carbocycles. The minimum Gasteiger partial charge on any atom is -0.494 e. The maximum atomic E-state index is 5.51. The highest BCUT2D eigenvalue weighted by molar-refractivity contribution is 7.71. The fraction of sp³-hybridized carbons (Fsp3) is 0.385. The van der Waals surface area contributed by atoms with E-state index in [0.29, 0.717) is 11.4 Å². The molecule has 0 radical (unpaired) electrons. The van der Waals surface area contributed by atoms with Crippen LogP contribution in [0.1, 0.15) is 26.1 Å². The van der Waals surface area contributed by atoms with Gasteiger partial charge in [0.1, 0.15) is 11.6 Å². The van der Waals surface area contributed by atoms with Gasteiger partial charge in [0, 0.05) is 12.5 Å². The molecule has 0 unspecified atom stereocenters. The predicted molar refractivity (Wildman–Crippen MR) is 73.9 cm³/mol. The van der Waals surface area contributed by atoms with Crippen LogP contribution in [0.15, 0.2) is 24.3 Å². The number of aromatic nitrogens is 3. The zero-order chi connectivity index (χ0) is 13.0. The lowest BCUT2D eigenvalue weighted by molar-refractivity contribution is 0.340. The molecule has 0 aliphatic carbocycles. The average Bonchev–Trinajstić information content (AvgIpc) is 2.72. The second-order valence-corrected chi connectivity index (χ2v) is 4.35. The van der Waals surface area contributed by atoms with E-state index in [1.807, 2.05) is 35.8 Å². The van der Waals surface area contributed by atoms with Crippen LogP contribution in [0.4, 0.5) is 0 Å². The summed E-state index contributed by atoms with van der Waals surface area (Å²) < 4.78 is 8.08. The number of aromatic amines is 1. The van der Waals surface area contributed by atoms with Crippen LogP contribution in [0.5, 0.6) is 5.75 Å². The molecule has 1 aromatic heterocycles. The first kappa shape index (κ1) is 12.8. The summed E-state index contributed by atoms with van der Waals surface area (Å²) in [5.41, 5.74) is 0.989. The molecule has 0 spiro atoms. The van der Waals surface area contributed by atoms with Crippen molar-refractivity contribution in [3.63, 3.8) is 0 Å². The SMILES string of the molecule is CCCc1n[nH]c(=S)n1-c1cccc(OCC)c1. The molecule has 0 saturated carbocycles. The number of nitrogens with zero attached hydrogens (tertiary/aromatic N) is 2. The first-order chi connectivity index (χ1) is 8.76. The number of hydrogen-bond acceptors (Lipinski definition) is 3. The van der Waals surface area contributed by atoms with E-state index in [9.17, 15) is 0 Å². The third-order valence-corrected chi connectivity index (χ3v) is 2.88. The minimum absolute atomic E-state index is 0.618. The van der Waals surface area contributed by atoms with Gasteiger partial charge in [-0.15, -0.1) is 0 Å². The Morgan fingerprint density at radius 2 is 2.22 bits per heavy atom. The van der Waals surface area contributed by atoms with E-state index in [-0.39, 0.29) is 0 Å². The summed E-state index contributed by atoms with van der Waals surface area (Å²) in [6, 6.07) is 7.89. The topological polar surface area (TPSA) is 42.8 Å². The highest BCUT2D eigenvalue weighted by Crippen LogP contribution is 2.18. The van der Waals surface area contributed by atoms with Crippen LogP contribution < -0.4 is 4.74 Å². The standard InChI is InChI=1S/C13H17N3OS/c1-3-6-12-14-15-13(18)16(12)10-7-5-8-11(9-10)17-4-2/h5,7-9H,3-4,6H2,1-2H3,(H,15,18). The maximum absolute atomic E-state index is 5.51. The Morgan fingerprint density at radius 1 is 1.39 bits per heavy atom. The van der Waals surface area contributed by atoms with Gasteiger partial charge in [-0.1, -0.05) is 13.0 Å². The molecule has 0 aliphatic rings. The third kappa shape index (κ3) is 2.61. The molecular weight excluding hydrogens is 246 g/mol. The molecule has 0 amide bonds. The first-order valence-corrected chi connectivity index (χ1v) is 6.56. The number of aryl methyl sites for hydroxylation is 1. The Morgan fingerprint density at radius 3 is 2.94 bits per heavy atom. The van der Waals surface area contributed by atoms with Crippen LogP contribution in [0.25, 0.3) is 5.69 Å². The quantitative estimate of drug-likeness (QED) is 0.842. The number of H-pyrrole nitrogens is 1. The summed E-state index contributed by atoms with van der Waals surface area (Å²) in [7, 11) is 0. The monoisotopic (exact) mass is 263 g/mol. The van der Waals surface area contributed by atoms with E-state index in [1.54, 1.807) is 0 Å². The number of hydrogen-bond donors (Lipinski definition) is 1. The average molecular weight is 263 g/mol. The summed E-state index contributed by atoms with van der Waals surface area (Å²) in [6.07, 6.45) is 1.93. The molecule has 0 saturated heterocycles. The van der Waals surface area contributed by atoms with Crippen LogP contribution >= 0.6 is 12.2 Å². The van der Waals surface area contributed by atoms with Gasteiger partial charge in [-0.3, -0.25) is 9.67 Å². The van der Waals surface area contributed by atoms with Crippen molar-refractivity contribution in [3.8, 4) is 11.4 Å². The van der Waals surface area contributed by atoms with E-state index in [2.05, 4.69) is 17.1 Å². The molecule has 2 aromatic rings. The molecule has 0 fully saturated rings. The Labute approximate surface area is 112 Å². The Hall–Kier alpha value is -1.62. The van der Waals surface area contributed by atoms with E-state index >= 15 is 0 Å². The van der Waals surface area contributed by atoms with E-state index in [1.165, 1.54) is 0 Å². The zero-order valence-corrected chi connectivity index (χ0v) is 11.5. The second kappa shape index (κ2) is 5.82.